The second kappa shape index (κ2) is 5.48. The smallest absolute Gasteiger partial charge is 0.336 e. The van der Waals surface area contributed by atoms with Crippen LogP contribution in [0, 0.1) is 12.7 Å². The minimum absolute atomic E-state index is 0.0742. The van der Waals surface area contributed by atoms with Crippen LogP contribution in [0.5, 0.6) is 0 Å². The highest BCUT2D eigenvalue weighted by Gasteiger charge is 2.11. The Kier molecular flexibility index (Phi) is 3.76. The average molecular weight is 256 g/mol. The van der Waals surface area contributed by atoms with Gasteiger partial charge in [0.15, 0.2) is 0 Å². The van der Waals surface area contributed by atoms with Crippen LogP contribution in [0.3, 0.4) is 0 Å². The van der Waals surface area contributed by atoms with Crippen molar-refractivity contribution in [2.75, 3.05) is 0 Å². The van der Waals surface area contributed by atoms with E-state index in [4.69, 9.17) is 0 Å². The van der Waals surface area contributed by atoms with Gasteiger partial charge < -0.3 is 5.11 Å². The fraction of sp³-hybridized carbons (Fsp3) is 0.0625. The number of carboxylic acid groups (broad SMARTS) is 1. The maximum absolute atomic E-state index is 13.2. The monoisotopic (exact) mass is 256 g/mol. The van der Waals surface area contributed by atoms with E-state index >= 15 is 0 Å². The van der Waals surface area contributed by atoms with Gasteiger partial charge in [0.2, 0.25) is 0 Å². The summed E-state index contributed by atoms with van der Waals surface area (Å²) < 4.78 is 13.2. The number of hydrogen-bond acceptors (Lipinski definition) is 1. The first-order valence-corrected chi connectivity index (χ1v) is 5.84. The summed E-state index contributed by atoms with van der Waals surface area (Å²) in [5.41, 5.74) is 2.25. The molecule has 19 heavy (non-hydrogen) atoms. The molecule has 0 atom stereocenters. The summed E-state index contributed by atoms with van der Waals surface area (Å²) in [7, 11) is 0. The quantitative estimate of drug-likeness (QED) is 0.670. The Hall–Kier alpha value is -2.42. The first-order chi connectivity index (χ1) is 9.06. The van der Waals surface area contributed by atoms with Crippen molar-refractivity contribution in [2.24, 2.45) is 0 Å². The molecular weight excluding hydrogens is 243 g/mol. The van der Waals surface area contributed by atoms with Gasteiger partial charge in [0.05, 0.1) is 5.57 Å². The SMILES string of the molecule is Cc1cccc(/C=C(/C(=O)O)c2cccc(F)c2)c1. The van der Waals surface area contributed by atoms with E-state index < -0.39 is 11.8 Å². The number of aryl methyl sites for hydroxylation is 1. The molecule has 1 N–H and O–H groups in total. The molecule has 0 heterocycles. The van der Waals surface area contributed by atoms with E-state index in [1.165, 1.54) is 18.2 Å². The summed E-state index contributed by atoms with van der Waals surface area (Å²) in [6.45, 7) is 1.93. The molecule has 2 rings (SSSR count). The molecule has 0 aliphatic rings. The lowest BCUT2D eigenvalue weighted by Crippen LogP contribution is -2.00. The van der Waals surface area contributed by atoms with Gasteiger partial charge in [-0.1, -0.05) is 42.0 Å². The fourth-order valence-corrected chi connectivity index (χ4v) is 1.85. The number of halogens is 1. The molecule has 0 aliphatic heterocycles. The van der Waals surface area contributed by atoms with Gasteiger partial charge in [0, 0.05) is 0 Å². The summed E-state index contributed by atoms with van der Waals surface area (Å²) >= 11 is 0. The zero-order valence-corrected chi connectivity index (χ0v) is 10.4. The third kappa shape index (κ3) is 3.28. The Labute approximate surface area is 110 Å². The van der Waals surface area contributed by atoms with Crippen LogP contribution in [-0.2, 0) is 4.79 Å². The molecule has 2 aromatic rings. The van der Waals surface area contributed by atoms with Gasteiger partial charge >= 0.3 is 5.97 Å². The lowest BCUT2D eigenvalue weighted by Gasteiger charge is -2.04. The molecule has 0 spiro atoms. The predicted molar refractivity (Wildman–Crippen MR) is 73.1 cm³/mol. The molecule has 0 fully saturated rings. The van der Waals surface area contributed by atoms with E-state index in [1.807, 2.05) is 31.2 Å². The zero-order chi connectivity index (χ0) is 13.8. The summed E-state index contributed by atoms with van der Waals surface area (Å²) in [4.78, 5) is 11.3. The van der Waals surface area contributed by atoms with Gasteiger partial charge in [-0.3, -0.25) is 0 Å². The van der Waals surface area contributed by atoms with Gasteiger partial charge in [-0.15, -0.1) is 0 Å². The van der Waals surface area contributed by atoms with Crippen molar-refractivity contribution in [3.63, 3.8) is 0 Å². The van der Waals surface area contributed by atoms with Gasteiger partial charge in [-0.2, -0.15) is 0 Å². The highest BCUT2D eigenvalue weighted by atomic mass is 19.1. The number of hydrogen-bond donors (Lipinski definition) is 1. The van der Waals surface area contributed by atoms with E-state index in [1.54, 1.807) is 12.1 Å². The third-order valence-electron chi connectivity index (χ3n) is 2.72. The maximum Gasteiger partial charge on any atom is 0.336 e. The molecule has 0 bridgehead atoms. The largest absolute Gasteiger partial charge is 0.478 e. The molecule has 96 valence electrons. The standard InChI is InChI=1S/C16H13FO2/c1-11-4-2-5-12(8-11)9-15(16(18)19)13-6-3-7-14(17)10-13/h2-10H,1H3,(H,18,19)/b15-9+. The molecule has 0 aromatic heterocycles. The minimum atomic E-state index is -1.08. The van der Waals surface area contributed by atoms with Crippen LogP contribution in [0.15, 0.2) is 48.5 Å². The Balaban J connectivity index is 2.49. The third-order valence-corrected chi connectivity index (χ3v) is 2.72. The second-order valence-corrected chi connectivity index (χ2v) is 4.29. The van der Waals surface area contributed by atoms with Gasteiger partial charge in [0.1, 0.15) is 5.82 Å². The first kappa shape index (κ1) is 13.0. The van der Waals surface area contributed by atoms with Gasteiger partial charge in [-0.05, 0) is 36.3 Å². The Morgan fingerprint density at radius 3 is 2.53 bits per heavy atom. The van der Waals surface area contributed by atoms with Crippen LogP contribution in [0.4, 0.5) is 4.39 Å². The number of carbonyl (C=O) groups is 1. The van der Waals surface area contributed by atoms with Crippen molar-refractivity contribution in [1.29, 1.82) is 0 Å². The normalized spacial score (nSPS) is 11.4. The Morgan fingerprint density at radius 2 is 1.89 bits per heavy atom. The van der Waals surface area contributed by atoms with Crippen LogP contribution >= 0.6 is 0 Å². The fourth-order valence-electron chi connectivity index (χ4n) is 1.85. The summed E-state index contributed by atoms with van der Waals surface area (Å²) in [5.74, 6) is -1.53. The molecule has 2 aromatic carbocycles. The highest BCUT2D eigenvalue weighted by Crippen LogP contribution is 2.20. The lowest BCUT2D eigenvalue weighted by molar-refractivity contribution is -0.130. The van der Waals surface area contributed by atoms with Crippen molar-refractivity contribution < 1.29 is 14.3 Å². The second-order valence-electron chi connectivity index (χ2n) is 4.29. The number of rotatable bonds is 3. The maximum atomic E-state index is 13.2. The Bertz CT molecular complexity index is 645. The molecule has 0 saturated heterocycles. The van der Waals surface area contributed by atoms with Crippen LogP contribution in [0.25, 0.3) is 11.6 Å². The van der Waals surface area contributed by atoms with Crippen LogP contribution in [-0.4, -0.2) is 11.1 Å². The molecular formula is C16H13FO2. The molecule has 0 aliphatic carbocycles. The molecule has 2 nitrogen and oxygen atoms in total. The predicted octanol–water partition coefficient (Wildman–Crippen LogP) is 3.76. The molecule has 0 saturated carbocycles. The van der Waals surface area contributed by atoms with E-state index in [0.29, 0.717) is 5.56 Å². The lowest BCUT2D eigenvalue weighted by atomic mass is 10.0. The molecule has 0 radical (unpaired) electrons. The van der Waals surface area contributed by atoms with E-state index in [2.05, 4.69) is 0 Å². The number of benzene rings is 2. The summed E-state index contributed by atoms with van der Waals surface area (Å²) in [6, 6.07) is 13.1. The zero-order valence-electron chi connectivity index (χ0n) is 10.4. The van der Waals surface area contributed by atoms with E-state index in [-0.39, 0.29) is 5.57 Å². The first-order valence-electron chi connectivity index (χ1n) is 5.84. The van der Waals surface area contributed by atoms with Crippen molar-refractivity contribution in [3.8, 4) is 0 Å². The minimum Gasteiger partial charge on any atom is -0.478 e. The van der Waals surface area contributed by atoms with Gasteiger partial charge in [-0.25, -0.2) is 9.18 Å². The van der Waals surface area contributed by atoms with Crippen molar-refractivity contribution in [2.45, 2.75) is 6.92 Å². The van der Waals surface area contributed by atoms with Crippen LogP contribution < -0.4 is 0 Å². The van der Waals surface area contributed by atoms with Gasteiger partial charge in [0.25, 0.3) is 0 Å². The van der Waals surface area contributed by atoms with Crippen molar-refractivity contribution >= 4 is 17.6 Å². The topological polar surface area (TPSA) is 37.3 Å². The molecule has 0 amide bonds. The molecule has 3 heteroatoms. The van der Waals surface area contributed by atoms with Crippen molar-refractivity contribution in [3.05, 3.63) is 71.0 Å². The highest BCUT2D eigenvalue weighted by molar-refractivity contribution is 6.20. The molecule has 0 unspecified atom stereocenters. The van der Waals surface area contributed by atoms with Crippen LogP contribution in [0.1, 0.15) is 16.7 Å². The van der Waals surface area contributed by atoms with Crippen LogP contribution in [0.2, 0.25) is 0 Å². The average Bonchev–Trinajstić information content (AvgIpc) is 2.35. The number of aliphatic carboxylic acids is 1. The van der Waals surface area contributed by atoms with Crippen molar-refractivity contribution in [1.82, 2.24) is 0 Å². The summed E-state index contributed by atoms with van der Waals surface area (Å²) in [6.07, 6.45) is 1.55. The summed E-state index contributed by atoms with van der Waals surface area (Å²) in [5, 5.41) is 9.26. The Morgan fingerprint density at radius 1 is 1.16 bits per heavy atom. The number of carboxylic acids is 1. The van der Waals surface area contributed by atoms with E-state index in [9.17, 15) is 14.3 Å². The van der Waals surface area contributed by atoms with E-state index in [0.717, 1.165) is 11.1 Å².